The van der Waals surface area contributed by atoms with E-state index in [9.17, 15) is 4.79 Å². The lowest BCUT2D eigenvalue weighted by atomic mass is 10.2. The maximum absolute atomic E-state index is 12.7. The van der Waals surface area contributed by atoms with Crippen molar-refractivity contribution in [3.05, 3.63) is 90.3 Å². The van der Waals surface area contributed by atoms with Gasteiger partial charge in [0.15, 0.2) is 0 Å². The molecule has 0 unspecified atom stereocenters. The summed E-state index contributed by atoms with van der Waals surface area (Å²) in [6.45, 7) is 0.873. The van der Waals surface area contributed by atoms with Crippen LogP contribution in [0.2, 0.25) is 0 Å². The highest BCUT2D eigenvalue weighted by atomic mass is 16.5. The molecule has 1 amide bonds. The number of para-hydroxylation sites is 3. The van der Waals surface area contributed by atoms with E-state index in [1.165, 1.54) is 0 Å². The summed E-state index contributed by atoms with van der Waals surface area (Å²) < 4.78 is 13.0. The van der Waals surface area contributed by atoms with Crippen molar-refractivity contribution in [3.8, 4) is 11.5 Å². The molecule has 4 aromatic rings. The van der Waals surface area contributed by atoms with Gasteiger partial charge in [-0.15, -0.1) is 0 Å². The van der Waals surface area contributed by atoms with Crippen LogP contribution in [-0.2, 0) is 24.5 Å². The summed E-state index contributed by atoms with van der Waals surface area (Å²) >= 11 is 0. The number of rotatable bonds is 8. The number of nitrogens with one attached hydrogen (secondary N) is 1. The number of hydrogen-bond donors (Lipinski definition) is 1. The van der Waals surface area contributed by atoms with E-state index in [0.717, 1.165) is 28.1 Å². The van der Waals surface area contributed by atoms with Crippen LogP contribution in [0.15, 0.2) is 78.9 Å². The molecule has 1 aromatic heterocycles. The Morgan fingerprint density at radius 3 is 2.57 bits per heavy atom. The number of imidazole rings is 1. The third-order valence-electron chi connectivity index (χ3n) is 4.77. The predicted molar refractivity (Wildman–Crippen MR) is 115 cm³/mol. The minimum Gasteiger partial charge on any atom is -0.497 e. The van der Waals surface area contributed by atoms with Crippen molar-refractivity contribution in [3.63, 3.8) is 0 Å². The average Bonchev–Trinajstić information content (AvgIpc) is 3.14. The second kappa shape index (κ2) is 9.13. The number of fused-ring (bicyclic) bond motifs is 1. The SMILES string of the molecule is COc1cccc(CNC(=O)Cn2c(COc3ccccc3)nc3ccccc32)c1. The number of carbonyl (C=O) groups is 1. The van der Waals surface area contributed by atoms with Gasteiger partial charge >= 0.3 is 0 Å². The van der Waals surface area contributed by atoms with Gasteiger partial charge in [-0.2, -0.15) is 0 Å². The summed E-state index contributed by atoms with van der Waals surface area (Å²) in [5, 5.41) is 2.97. The van der Waals surface area contributed by atoms with Gasteiger partial charge in [-0.05, 0) is 42.0 Å². The highest BCUT2D eigenvalue weighted by Crippen LogP contribution is 2.18. The van der Waals surface area contributed by atoms with Crippen LogP contribution < -0.4 is 14.8 Å². The fourth-order valence-corrected chi connectivity index (χ4v) is 3.26. The quantitative estimate of drug-likeness (QED) is 0.486. The number of nitrogens with zero attached hydrogens (tertiary/aromatic N) is 2. The highest BCUT2D eigenvalue weighted by molar-refractivity contribution is 5.81. The number of ether oxygens (including phenoxy) is 2. The zero-order valence-corrected chi connectivity index (χ0v) is 16.7. The van der Waals surface area contributed by atoms with E-state index in [2.05, 4.69) is 10.3 Å². The normalized spacial score (nSPS) is 10.7. The van der Waals surface area contributed by atoms with Gasteiger partial charge in [0.1, 0.15) is 30.5 Å². The molecule has 1 heterocycles. The van der Waals surface area contributed by atoms with Crippen LogP contribution in [0, 0.1) is 0 Å². The van der Waals surface area contributed by atoms with E-state index < -0.39 is 0 Å². The second-order valence-electron chi connectivity index (χ2n) is 6.83. The van der Waals surface area contributed by atoms with E-state index in [4.69, 9.17) is 9.47 Å². The first-order valence-electron chi connectivity index (χ1n) is 9.74. The lowest BCUT2D eigenvalue weighted by Crippen LogP contribution is -2.28. The average molecular weight is 401 g/mol. The van der Waals surface area contributed by atoms with Crippen LogP contribution in [0.5, 0.6) is 11.5 Å². The Morgan fingerprint density at radius 1 is 0.967 bits per heavy atom. The Balaban J connectivity index is 1.48. The van der Waals surface area contributed by atoms with Crippen LogP contribution in [0.3, 0.4) is 0 Å². The molecule has 0 fully saturated rings. The number of methoxy groups -OCH3 is 1. The number of hydrogen-bond acceptors (Lipinski definition) is 4. The summed E-state index contributed by atoms with van der Waals surface area (Å²) in [6.07, 6.45) is 0. The number of aromatic nitrogens is 2. The molecule has 1 N–H and O–H groups in total. The third kappa shape index (κ3) is 4.60. The molecule has 0 aliphatic rings. The van der Waals surface area contributed by atoms with E-state index in [1.807, 2.05) is 83.4 Å². The predicted octanol–water partition coefficient (Wildman–Crippen LogP) is 3.94. The molecule has 0 aliphatic heterocycles. The van der Waals surface area contributed by atoms with Gasteiger partial charge in [-0.25, -0.2) is 4.98 Å². The van der Waals surface area contributed by atoms with Crippen molar-refractivity contribution in [1.29, 1.82) is 0 Å². The van der Waals surface area contributed by atoms with Crippen LogP contribution >= 0.6 is 0 Å². The Morgan fingerprint density at radius 2 is 1.73 bits per heavy atom. The standard InChI is InChI=1S/C24H23N3O3/c1-29-20-11-7-8-18(14-20)15-25-24(28)16-27-22-13-6-5-12-21(22)26-23(27)17-30-19-9-3-2-4-10-19/h2-14H,15-17H2,1H3,(H,25,28). The van der Waals surface area contributed by atoms with E-state index in [0.29, 0.717) is 12.4 Å². The second-order valence-corrected chi connectivity index (χ2v) is 6.83. The zero-order chi connectivity index (χ0) is 20.8. The van der Waals surface area contributed by atoms with Crippen LogP contribution in [-0.4, -0.2) is 22.6 Å². The molecule has 152 valence electrons. The summed E-state index contributed by atoms with van der Waals surface area (Å²) in [5.74, 6) is 2.14. The van der Waals surface area contributed by atoms with Gasteiger partial charge in [0.05, 0.1) is 18.1 Å². The molecule has 0 bridgehead atoms. The van der Waals surface area contributed by atoms with Gasteiger partial charge in [0, 0.05) is 6.54 Å². The number of amides is 1. The van der Waals surface area contributed by atoms with Crippen molar-refractivity contribution in [2.45, 2.75) is 19.7 Å². The number of carbonyl (C=O) groups excluding carboxylic acids is 1. The molecule has 0 aliphatic carbocycles. The first-order valence-corrected chi connectivity index (χ1v) is 9.74. The largest absolute Gasteiger partial charge is 0.497 e. The maximum atomic E-state index is 12.7. The molecule has 0 spiro atoms. The third-order valence-corrected chi connectivity index (χ3v) is 4.77. The smallest absolute Gasteiger partial charge is 0.240 e. The van der Waals surface area contributed by atoms with E-state index >= 15 is 0 Å². The molecule has 30 heavy (non-hydrogen) atoms. The van der Waals surface area contributed by atoms with Crippen LogP contribution in [0.4, 0.5) is 0 Å². The summed E-state index contributed by atoms with van der Waals surface area (Å²) in [6, 6.07) is 25.0. The topological polar surface area (TPSA) is 65.4 Å². The van der Waals surface area contributed by atoms with Gasteiger partial charge in [-0.1, -0.05) is 42.5 Å². The van der Waals surface area contributed by atoms with Crippen molar-refractivity contribution >= 4 is 16.9 Å². The van der Waals surface area contributed by atoms with Crippen molar-refractivity contribution in [1.82, 2.24) is 14.9 Å². The van der Waals surface area contributed by atoms with Gasteiger partial charge in [0.25, 0.3) is 0 Å². The number of benzene rings is 3. The maximum Gasteiger partial charge on any atom is 0.240 e. The molecular weight excluding hydrogens is 378 g/mol. The molecule has 0 atom stereocenters. The van der Waals surface area contributed by atoms with Crippen molar-refractivity contribution < 1.29 is 14.3 Å². The zero-order valence-electron chi connectivity index (χ0n) is 16.7. The van der Waals surface area contributed by atoms with Crippen molar-refractivity contribution in [2.24, 2.45) is 0 Å². The van der Waals surface area contributed by atoms with Gasteiger partial charge in [-0.3, -0.25) is 4.79 Å². The first-order chi connectivity index (χ1) is 14.7. The minimum atomic E-state index is -0.0954. The van der Waals surface area contributed by atoms with Gasteiger partial charge in [0.2, 0.25) is 5.91 Å². The van der Waals surface area contributed by atoms with Crippen molar-refractivity contribution in [2.75, 3.05) is 7.11 Å². The Bertz CT molecular complexity index is 1140. The minimum absolute atomic E-state index is 0.0954. The monoisotopic (exact) mass is 401 g/mol. The molecule has 6 heteroatoms. The molecule has 6 nitrogen and oxygen atoms in total. The molecular formula is C24H23N3O3. The molecule has 3 aromatic carbocycles. The lowest BCUT2D eigenvalue weighted by Gasteiger charge is -2.11. The lowest BCUT2D eigenvalue weighted by molar-refractivity contribution is -0.121. The molecule has 0 saturated heterocycles. The Hall–Kier alpha value is -3.80. The fourth-order valence-electron chi connectivity index (χ4n) is 3.26. The van der Waals surface area contributed by atoms with E-state index in [1.54, 1.807) is 7.11 Å². The molecule has 4 rings (SSSR count). The summed E-state index contributed by atoms with van der Waals surface area (Å²) in [4.78, 5) is 17.3. The fraction of sp³-hybridized carbons (Fsp3) is 0.167. The molecule has 0 radical (unpaired) electrons. The van der Waals surface area contributed by atoms with Gasteiger partial charge < -0.3 is 19.4 Å². The first kappa shape index (κ1) is 19.5. The van der Waals surface area contributed by atoms with E-state index in [-0.39, 0.29) is 19.1 Å². The highest BCUT2D eigenvalue weighted by Gasteiger charge is 2.14. The Labute approximate surface area is 175 Å². The summed E-state index contributed by atoms with van der Waals surface area (Å²) in [7, 11) is 1.63. The van der Waals surface area contributed by atoms with Crippen LogP contribution in [0.25, 0.3) is 11.0 Å². The summed E-state index contributed by atoms with van der Waals surface area (Å²) in [5.41, 5.74) is 2.72. The Kier molecular flexibility index (Phi) is 5.94. The molecule has 0 saturated carbocycles. The van der Waals surface area contributed by atoms with Crippen LogP contribution in [0.1, 0.15) is 11.4 Å².